The first-order valence-electron chi connectivity index (χ1n) is 5.80. The monoisotopic (exact) mass is 201 g/mol. The Hall–Kier alpha value is -0.0800. The lowest BCUT2D eigenvalue weighted by molar-refractivity contribution is 0.120. The number of methoxy groups -OCH3 is 1. The Morgan fingerprint density at radius 1 is 1.36 bits per heavy atom. The van der Waals surface area contributed by atoms with E-state index in [1.54, 1.807) is 7.11 Å². The second kappa shape index (κ2) is 7.24. The van der Waals surface area contributed by atoms with Gasteiger partial charge in [-0.25, -0.2) is 0 Å². The first-order valence-corrected chi connectivity index (χ1v) is 5.80. The van der Waals surface area contributed by atoms with Crippen LogP contribution in [0.1, 0.15) is 40.5 Å². The van der Waals surface area contributed by atoms with E-state index >= 15 is 0 Å². The minimum atomic E-state index is 0.411. The molecule has 0 aliphatic heterocycles. The lowest BCUT2D eigenvalue weighted by Gasteiger charge is -2.35. The fourth-order valence-electron chi connectivity index (χ4n) is 1.70. The van der Waals surface area contributed by atoms with E-state index in [0.717, 1.165) is 26.1 Å². The van der Waals surface area contributed by atoms with Gasteiger partial charge in [0.2, 0.25) is 0 Å². The highest BCUT2D eigenvalue weighted by Gasteiger charge is 2.28. The average molecular weight is 201 g/mol. The van der Waals surface area contributed by atoms with E-state index in [4.69, 9.17) is 4.74 Å². The quantitative estimate of drug-likeness (QED) is 0.652. The van der Waals surface area contributed by atoms with Crippen LogP contribution in [0.5, 0.6) is 0 Å². The van der Waals surface area contributed by atoms with Crippen molar-refractivity contribution in [1.82, 2.24) is 5.32 Å². The Morgan fingerprint density at radius 2 is 2.00 bits per heavy atom. The molecule has 0 radical (unpaired) electrons. The number of rotatable bonds is 8. The minimum absolute atomic E-state index is 0.411. The zero-order valence-corrected chi connectivity index (χ0v) is 10.5. The van der Waals surface area contributed by atoms with Gasteiger partial charge in [-0.05, 0) is 30.7 Å². The minimum Gasteiger partial charge on any atom is -0.385 e. The third-order valence-electron chi connectivity index (χ3n) is 3.53. The fraction of sp³-hybridized carbons (Fsp3) is 1.00. The van der Waals surface area contributed by atoms with Crippen molar-refractivity contribution in [1.29, 1.82) is 0 Å². The van der Waals surface area contributed by atoms with E-state index in [-0.39, 0.29) is 0 Å². The third kappa shape index (κ3) is 4.43. The van der Waals surface area contributed by atoms with Crippen molar-refractivity contribution in [2.45, 2.75) is 40.5 Å². The van der Waals surface area contributed by atoms with E-state index in [1.807, 2.05) is 0 Å². The average Bonchev–Trinajstić information content (AvgIpc) is 2.22. The van der Waals surface area contributed by atoms with Crippen molar-refractivity contribution >= 4 is 0 Å². The van der Waals surface area contributed by atoms with Crippen LogP contribution < -0.4 is 5.32 Å². The number of hydrogen-bond donors (Lipinski definition) is 1. The first kappa shape index (κ1) is 13.9. The highest BCUT2D eigenvalue weighted by atomic mass is 16.5. The molecule has 0 saturated heterocycles. The van der Waals surface area contributed by atoms with Crippen LogP contribution in [0.15, 0.2) is 0 Å². The molecule has 0 rings (SSSR count). The molecule has 0 aromatic rings. The first-order chi connectivity index (χ1) is 6.60. The summed E-state index contributed by atoms with van der Waals surface area (Å²) in [5.74, 6) is 0.714. The molecule has 0 aromatic carbocycles. The Balaban J connectivity index is 4.05. The van der Waals surface area contributed by atoms with Gasteiger partial charge in [0.05, 0.1) is 0 Å². The molecule has 0 saturated carbocycles. The van der Waals surface area contributed by atoms with Crippen LogP contribution >= 0.6 is 0 Å². The summed E-state index contributed by atoms with van der Waals surface area (Å²) >= 11 is 0. The van der Waals surface area contributed by atoms with Gasteiger partial charge in [0.1, 0.15) is 0 Å². The largest absolute Gasteiger partial charge is 0.385 e. The predicted molar refractivity (Wildman–Crippen MR) is 62.6 cm³/mol. The topological polar surface area (TPSA) is 21.3 Å². The van der Waals surface area contributed by atoms with Gasteiger partial charge < -0.3 is 10.1 Å². The molecule has 86 valence electrons. The van der Waals surface area contributed by atoms with E-state index in [2.05, 4.69) is 33.0 Å². The van der Waals surface area contributed by atoms with Gasteiger partial charge >= 0.3 is 0 Å². The third-order valence-corrected chi connectivity index (χ3v) is 3.53. The molecule has 2 heteroatoms. The fourth-order valence-corrected chi connectivity index (χ4v) is 1.70. The molecule has 1 N–H and O–H groups in total. The number of ether oxygens (including phenoxy) is 1. The molecule has 0 spiro atoms. The highest BCUT2D eigenvalue weighted by Crippen LogP contribution is 2.32. The summed E-state index contributed by atoms with van der Waals surface area (Å²) in [5.41, 5.74) is 0.411. The SMILES string of the molecule is CCNCC(C)(CC)C(C)CCOC. The summed E-state index contributed by atoms with van der Waals surface area (Å²) in [5, 5.41) is 3.46. The Morgan fingerprint density at radius 3 is 2.43 bits per heavy atom. The maximum absolute atomic E-state index is 5.14. The van der Waals surface area contributed by atoms with Crippen molar-refractivity contribution in [2.24, 2.45) is 11.3 Å². The van der Waals surface area contributed by atoms with Crippen molar-refractivity contribution in [3.63, 3.8) is 0 Å². The summed E-state index contributed by atoms with van der Waals surface area (Å²) in [6.07, 6.45) is 2.39. The van der Waals surface area contributed by atoms with Gasteiger partial charge in [-0.15, -0.1) is 0 Å². The van der Waals surface area contributed by atoms with E-state index in [1.165, 1.54) is 6.42 Å². The molecule has 0 amide bonds. The van der Waals surface area contributed by atoms with Crippen molar-refractivity contribution in [3.8, 4) is 0 Å². The summed E-state index contributed by atoms with van der Waals surface area (Å²) in [6, 6.07) is 0. The smallest absolute Gasteiger partial charge is 0.0465 e. The molecular formula is C12H27NO. The highest BCUT2D eigenvalue weighted by molar-refractivity contribution is 4.80. The Bertz CT molecular complexity index is 138. The van der Waals surface area contributed by atoms with Crippen LogP contribution in [-0.4, -0.2) is 26.8 Å². The molecule has 2 atom stereocenters. The van der Waals surface area contributed by atoms with Gasteiger partial charge in [0.15, 0.2) is 0 Å². The normalized spacial score (nSPS) is 17.8. The van der Waals surface area contributed by atoms with Crippen LogP contribution in [0, 0.1) is 11.3 Å². The summed E-state index contributed by atoms with van der Waals surface area (Å²) in [6.45, 7) is 12.2. The van der Waals surface area contributed by atoms with Crippen molar-refractivity contribution in [2.75, 3.05) is 26.8 Å². The van der Waals surface area contributed by atoms with Crippen LogP contribution in [0.3, 0.4) is 0 Å². The molecule has 2 nitrogen and oxygen atoms in total. The van der Waals surface area contributed by atoms with Gasteiger partial charge in [0.25, 0.3) is 0 Å². The maximum Gasteiger partial charge on any atom is 0.0465 e. The van der Waals surface area contributed by atoms with Gasteiger partial charge in [-0.2, -0.15) is 0 Å². The molecule has 2 unspecified atom stereocenters. The van der Waals surface area contributed by atoms with E-state index in [9.17, 15) is 0 Å². The second-order valence-electron chi connectivity index (χ2n) is 4.47. The van der Waals surface area contributed by atoms with Crippen LogP contribution in [0.4, 0.5) is 0 Å². The standard InChI is InChI=1S/C12H27NO/c1-6-12(4,10-13-7-2)11(3)8-9-14-5/h11,13H,6-10H2,1-5H3. The zero-order chi connectivity index (χ0) is 11.0. The van der Waals surface area contributed by atoms with Crippen LogP contribution in [-0.2, 0) is 4.74 Å². The number of nitrogens with one attached hydrogen (secondary N) is 1. The van der Waals surface area contributed by atoms with Crippen LogP contribution in [0.25, 0.3) is 0 Å². The molecular weight excluding hydrogens is 174 g/mol. The second-order valence-corrected chi connectivity index (χ2v) is 4.47. The summed E-state index contributed by atoms with van der Waals surface area (Å²) < 4.78 is 5.14. The predicted octanol–water partition coefficient (Wildman–Crippen LogP) is 2.68. The van der Waals surface area contributed by atoms with Crippen molar-refractivity contribution in [3.05, 3.63) is 0 Å². The van der Waals surface area contributed by atoms with Crippen LogP contribution in [0.2, 0.25) is 0 Å². The number of hydrogen-bond acceptors (Lipinski definition) is 2. The Labute approximate surface area is 89.4 Å². The molecule has 14 heavy (non-hydrogen) atoms. The summed E-state index contributed by atoms with van der Waals surface area (Å²) in [4.78, 5) is 0. The lowest BCUT2D eigenvalue weighted by Crippen LogP contribution is -2.37. The molecule has 0 bridgehead atoms. The van der Waals surface area contributed by atoms with Crippen molar-refractivity contribution < 1.29 is 4.74 Å². The summed E-state index contributed by atoms with van der Waals surface area (Å²) in [7, 11) is 1.78. The molecule has 0 aliphatic rings. The zero-order valence-electron chi connectivity index (χ0n) is 10.5. The van der Waals surface area contributed by atoms with E-state index in [0.29, 0.717) is 11.3 Å². The molecule has 0 aliphatic carbocycles. The molecule has 0 fully saturated rings. The molecule has 0 heterocycles. The Kier molecular flexibility index (Phi) is 7.20. The molecule has 0 aromatic heterocycles. The van der Waals surface area contributed by atoms with Gasteiger partial charge in [0, 0.05) is 20.3 Å². The van der Waals surface area contributed by atoms with Gasteiger partial charge in [-0.1, -0.05) is 27.7 Å². The maximum atomic E-state index is 5.14. The van der Waals surface area contributed by atoms with Gasteiger partial charge in [-0.3, -0.25) is 0 Å². The lowest BCUT2D eigenvalue weighted by atomic mass is 9.74. The van der Waals surface area contributed by atoms with E-state index < -0.39 is 0 Å².